The van der Waals surface area contributed by atoms with E-state index in [2.05, 4.69) is 37.9 Å². The highest BCUT2D eigenvalue weighted by atomic mass is 32.2. The number of fused-ring (bicyclic) bond motifs is 7. The monoisotopic (exact) mass is 658 g/mol. The summed E-state index contributed by atoms with van der Waals surface area (Å²) in [6.45, 7) is 16.1. The van der Waals surface area contributed by atoms with Crippen molar-refractivity contribution in [2.75, 3.05) is 37.7 Å². The van der Waals surface area contributed by atoms with Crippen molar-refractivity contribution in [1.82, 2.24) is 10.2 Å². The Hall–Kier alpha value is -0.990. The van der Waals surface area contributed by atoms with Crippen LogP contribution in [0.4, 0.5) is 0 Å². The fraction of sp³-hybridized carbons (Fsp3) is 0.947. The molecular weight excluding hydrogens is 596 g/mol. The summed E-state index contributed by atoms with van der Waals surface area (Å²) in [5.74, 6) is 3.66. The lowest BCUT2D eigenvalue weighted by Gasteiger charge is -2.69. The molecule has 0 aromatic carbocycles. The summed E-state index contributed by atoms with van der Waals surface area (Å²) in [7, 11) is -0.605. The van der Waals surface area contributed by atoms with E-state index in [0.29, 0.717) is 23.3 Å². The second-order valence-corrected chi connectivity index (χ2v) is 19.9. The summed E-state index contributed by atoms with van der Waals surface area (Å²) in [4.78, 5) is 27.3. The van der Waals surface area contributed by atoms with E-state index in [4.69, 9.17) is 4.74 Å². The molecule has 7 nitrogen and oxygen atoms in total. The van der Waals surface area contributed by atoms with Crippen molar-refractivity contribution in [2.45, 2.75) is 123 Å². The summed E-state index contributed by atoms with van der Waals surface area (Å²) in [5.41, 5.74) is 0.902. The molecule has 260 valence electrons. The number of carbonyl (C=O) groups excluding carboxylic acids is 1. The molecule has 46 heavy (non-hydrogen) atoms. The topological polar surface area (TPSA) is 95.9 Å². The highest BCUT2D eigenvalue weighted by molar-refractivity contribution is 7.85. The van der Waals surface area contributed by atoms with E-state index in [1.165, 1.54) is 57.8 Å². The van der Waals surface area contributed by atoms with Gasteiger partial charge in [-0.25, -0.2) is 0 Å². The van der Waals surface area contributed by atoms with Gasteiger partial charge in [0.2, 0.25) is 0 Å². The Kier molecular flexibility index (Phi) is 8.82. The van der Waals surface area contributed by atoms with Gasteiger partial charge in [-0.05, 0) is 117 Å². The molecule has 0 radical (unpaired) electrons. The SMILES string of the molecule is CC1C(C(=O)O)CC1C(=O)OC1CCC2(C)C(CCC3(C)C4CCC5(NCCN6CCS(=O)CC6)CCCC5C4CCC32)C1(C)C. The fourth-order valence-corrected chi connectivity index (χ4v) is 14.8. The van der Waals surface area contributed by atoms with Crippen LogP contribution in [0.2, 0.25) is 0 Å². The van der Waals surface area contributed by atoms with Gasteiger partial charge in [0.15, 0.2) is 0 Å². The largest absolute Gasteiger partial charge is 0.481 e. The van der Waals surface area contributed by atoms with Crippen molar-refractivity contribution in [3.05, 3.63) is 0 Å². The van der Waals surface area contributed by atoms with Gasteiger partial charge in [-0.15, -0.1) is 0 Å². The van der Waals surface area contributed by atoms with Crippen LogP contribution in [0.5, 0.6) is 0 Å². The number of aliphatic carboxylic acids is 1. The lowest BCUT2D eigenvalue weighted by atomic mass is 9.36. The van der Waals surface area contributed by atoms with E-state index < -0.39 is 22.7 Å². The van der Waals surface area contributed by atoms with Gasteiger partial charge in [-0.2, -0.15) is 0 Å². The Bertz CT molecular complexity index is 1220. The second-order valence-electron chi connectivity index (χ2n) is 18.2. The molecule has 0 spiro atoms. The molecule has 12 unspecified atom stereocenters. The maximum Gasteiger partial charge on any atom is 0.309 e. The molecule has 6 aliphatic carbocycles. The van der Waals surface area contributed by atoms with Crippen LogP contribution in [-0.4, -0.2) is 75.5 Å². The van der Waals surface area contributed by atoms with E-state index in [-0.39, 0.29) is 34.7 Å². The number of hydrogen-bond acceptors (Lipinski definition) is 6. The van der Waals surface area contributed by atoms with Crippen molar-refractivity contribution in [3.63, 3.8) is 0 Å². The summed E-state index contributed by atoms with van der Waals surface area (Å²) in [6.07, 6.45) is 14.5. The smallest absolute Gasteiger partial charge is 0.309 e. The fourth-order valence-electron chi connectivity index (χ4n) is 13.7. The Morgan fingerprint density at radius 1 is 0.870 bits per heavy atom. The minimum Gasteiger partial charge on any atom is -0.481 e. The zero-order chi connectivity index (χ0) is 32.6. The first kappa shape index (κ1) is 33.5. The maximum absolute atomic E-state index is 13.3. The minimum atomic E-state index is -0.786. The molecule has 1 heterocycles. The number of nitrogens with one attached hydrogen (secondary N) is 1. The first-order chi connectivity index (χ1) is 21.8. The van der Waals surface area contributed by atoms with Gasteiger partial charge in [-0.1, -0.05) is 41.0 Å². The highest BCUT2D eigenvalue weighted by Gasteiger charge is 2.66. The zero-order valence-electron chi connectivity index (χ0n) is 29.4. The summed E-state index contributed by atoms with van der Waals surface area (Å²) in [6, 6.07) is 0. The third-order valence-corrected chi connectivity index (χ3v) is 17.6. The molecular formula is C38H62N2O5S. The summed E-state index contributed by atoms with van der Waals surface area (Å²) < 4.78 is 18.2. The number of carboxylic acid groups (broad SMARTS) is 1. The van der Waals surface area contributed by atoms with Gasteiger partial charge in [0.05, 0.1) is 11.8 Å². The molecule has 0 amide bonds. The van der Waals surface area contributed by atoms with Gasteiger partial charge in [0.1, 0.15) is 6.10 Å². The van der Waals surface area contributed by atoms with Crippen molar-refractivity contribution in [1.29, 1.82) is 0 Å². The van der Waals surface area contributed by atoms with E-state index >= 15 is 0 Å². The Balaban J connectivity index is 1.01. The lowest BCUT2D eigenvalue weighted by molar-refractivity contribution is -0.223. The third kappa shape index (κ3) is 5.27. The van der Waals surface area contributed by atoms with Crippen LogP contribution in [0.1, 0.15) is 112 Å². The van der Waals surface area contributed by atoms with Gasteiger partial charge in [0.25, 0.3) is 0 Å². The molecule has 0 aromatic rings. The number of nitrogens with zero attached hydrogens (tertiary/aromatic N) is 1. The normalized spacial score (nSPS) is 48.7. The van der Waals surface area contributed by atoms with E-state index in [0.717, 1.165) is 74.2 Å². The van der Waals surface area contributed by atoms with Crippen molar-refractivity contribution >= 4 is 22.7 Å². The molecule has 12 atom stereocenters. The number of esters is 1. The second kappa shape index (κ2) is 12.1. The van der Waals surface area contributed by atoms with Crippen LogP contribution in [0, 0.1) is 63.6 Å². The molecule has 7 fully saturated rings. The van der Waals surface area contributed by atoms with E-state index in [1.807, 2.05) is 6.92 Å². The predicted octanol–water partition coefficient (Wildman–Crippen LogP) is 6.13. The molecule has 7 aliphatic rings. The number of carbonyl (C=O) groups is 2. The molecule has 1 aliphatic heterocycles. The Labute approximate surface area is 280 Å². The van der Waals surface area contributed by atoms with Gasteiger partial charge >= 0.3 is 11.9 Å². The molecule has 2 N–H and O–H groups in total. The third-order valence-electron chi connectivity index (χ3n) is 16.3. The average Bonchev–Trinajstić information content (AvgIpc) is 3.43. The van der Waals surface area contributed by atoms with Crippen LogP contribution < -0.4 is 5.32 Å². The molecule has 0 aromatic heterocycles. The quantitative estimate of drug-likeness (QED) is 0.318. The van der Waals surface area contributed by atoms with E-state index in [9.17, 15) is 18.9 Å². The Morgan fingerprint density at radius 2 is 1.61 bits per heavy atom. The predicted molar refractivity (Wildman–Crippen MR) is 182 cm³/mol. The standard InChI is InChI=1S/C38H62N2O5S/c1-24-26(33(41)42)23-27(24)34(43)45-32-12-15-37(5)30(35(32,2)3)11-14-36(4)28-10-16-38(39-17-18-40-19-21-46(44)22-20-40)13-6-7-29(38)25(28)8-9-31(36)37/h24-32,39H,6-23H2,1-5H3,(H,41,42). The molecule has 6 saturated carbocycles. The van der Waals surface area contributed by atoms with Crippen molar-refractivity contribution < 1.29 is 23.6 Å². The van der Waals surface area contributed by atoms with E-state index in [1.54, 1.807) is 0 Å². The van der Waals surface area contributed by atoms with Crippen LogP contribution in [-0.2, 0) is 25.1 Å². The number of carboxylic acids is 1. The van der Waals surface area contributed by atoms with Gasteiger partial charge in [-0.3, -0.25) is 13.8 Å². The highest BCUT2D eigenvalue weighted by Crippen LogP contribution is 2.72. The summed E-state index contributed by atoms with van der Waals surface area (Å²) in [5, 5.41) is 13.6. The molecule has 7 rings (SSSR count). The van der Waals surface area contributed by atoms with Crippen LogP contribution in [0.15, 0.2) is 0 Å². The summed E-state index contributed by atoms with van der Waals surface area (Å²) >= 11 is 0. The first-order valence-corrected chi connectivity index (χ1v) is 20.5. The molecule has 1 saturated heterocycles. The van der Waals surface area contributed by atoms with Gasteiger partial charge in [0, 0.05) is 59.4 Å². The average molecular weight is 659 g/mol. The van der Waals surface area contributed by atoms with Gasteiger partial charge < -0.3 is 20.1 Å². The zero-order valence-corrected chi connectivity index (χ0v) is 30.2. The molecule has 0 bridgehead atoms. The van der Waals surface area contributed by atoms with Crippen molar-refractivity contribution in [3.8, 4) is 0 Å². The number of hydrogen-bond donors (Lipinski definition) is 2. The molecule has 8 heteroatoms. The van der Waals surface area contributed by atoms with Crippen molar-refractivity contribution in [2.24, 2.45) is 63.6 Å². The lowest BCUT2D eigenvalue weighted by Crippen LogP contribution is -2.65. The number of ether oxygens (including phenoxy) is 1. The Morgan fingerprint density at radius 3 is 2.33 bits per heavy atom. The first-order valence-electron chi connectivity index (χ1n) is 19.1. The van der Waals surface area contributed by atoms with Crippen LogP contribution >= 0.6 is 0 Å². The maximum atomic E-state index is 13.3. The van der Waals surface area contributed by atoms with Crippen LogP contribution in [0.25, 0.3) is 0 Å². The van der Waals surface area contributed by atoms with Crippen LogP contribution in [0.3, 0.4) is 0 Å². The number of rotatable bonds is 7. The minimum absolute atomic E-state index is 0.0817.